The molecule has 1 heterocycles. The summed E-state index contributed by atoms with van der Waals surface area (Å²) in [4.78, 5) is 22.4. The molecule has 0 saturated carbocycles. The maximum Gasteiger partial charge on any atom is 0.348 e. The number of carbonyl (C=O) groups is 1. The highest BCUT2D eigenvalue weighted by atomic mass is 79.9. The van der Waals surface area contributed by atoms with E-state index in [1.54, 1.807) is 18.2 Å². The van der Waals surface area contributed by atoms with Crippen molar-refractivity contribution in [1.82, 2.24) is 14.8 Å². The monoisotopic (exact) mass is 354 g/mol. The third kappa shape index (κ3) is 2.92. The molecule has 20 heavy (non-hydrogen) atoms. The first-order valence-corrected chi connectivity index (χ1v) is 7.03. The molecule has 1 aromatic heterocycles. The van der Waals surface area contributed by atoms with Crippen LogP contribution in [-0.2, 0) is 4.79 Å². The van der Waals surface area contributed by atoms with Crippen LogP contribution < -0.4 is 5.69 Å². The third-order valence-corrected chi connectivity index (χ3v) is 3.84. The summed E-state index contributed by atoms with van der Waals surface area (Å²) in [7, 11) is 0. The fraction of sp³-hybridized carbons (Fsp3) is 0.0909. The zero-order chi connectivity index (χ0) is 14.7. The first kappa shape index (κ1) is 14.4. The Balaban J connectivity index is 2.47. The maximum absolute atomic E-state index is 11.8. The summed E-state index contributed by atoms with van der Waals surface area (Å²) in [6, 6.07) is 6.70. The van der Waals surface area contributed by atoms with Crippen LogP contribution >= 0.6 is 27.7 Å². The van der Waals surface area contributed by atoms with Gasteiger partial charge in [0.2, 0.25) is 0 Å². The van der Waals surface area contributed by atoms with Crippen molar-refractivity contribution in [2.45, 2.75) is 5.16 Å². The van der Waals surface area contributed by atoms with E-state index in [1.807, 2.05) is 6.07 Å². The number of nitrogens with one attached hydrogen (secondary N) is 1. The molecule has 7 nitrogen and oxygen atoms in total. The van der Waals surface area contributed by atoms with Crippen LogP contribution in [0.3, 0.4) is 0 Å². The smallest absolute Gasteiger partial charge is 0.348 e. The Hall–Kier alpha value is -2.05. The molecule has 0 aliphatic heterocycles. The van der Waals surface area contributed by atoms with Crippen molar-refractivity contribution >= 4 is 33.7 Å². The highest BCUT2D eigenvalue weighted by molar-refractivity contribution is 9.10. The molecule has 0 atom stereocenters. The zero-order valence-electron chi connectivity index (χ0n) is 9.83. The van der Waals surface area contributed by atoms with E-state index < -0.39 is 11.7 Å². The number of hydrogen-bond donors (Lipinski definition) is 2. The maximum atomic E-state index is 11.8. The van der Waals surface area contributed by atoms with Crippen LogP contribution in [0.15, 0.2) is 32.6 Å². The Labute approximate surface area is 125 Å². The molecule has 0 aliphatic rings. The summed E-state index contributed by atoms with van der Waals surface area (Å²) in [6.45, 7) is 0. The summed E-state index contributed by atoms with van der Waals surface area (Å²) < 4.78 is 1.79. The SMILES string of the molecule is N#Cc1ccc(-n2c(SCC(=O)O)n[nH]c2=O)c(Br)c1. The summed E-state index contributed by atoms with van der Waals surface area (Å²) in [5.74, 6) is -1.21. The second-order valence-corrected chi connectivity index (χ2v) is 5.40. The Morgan fingerprint density at radius 3 is 2.95 bits per heavy atom. The molecular formula is C11H7BrN4O3S. The van der Waals surface area contributed by atoms with Crippen molar-refractivity contribution in [3.05, 3.63) is 38.7 Å². The molecule has 102 valence electrons. The molecule has 0 radical (unpaired) electrons. The Morgan fingerprint density at radius 1 is 1.60 bits per heavy atom. The standard InChI is InChI=1S/C11H7BrN4O3S/c12-7-3-6(4-13)1-2-8(7)16-10(19)14-15-11(16)20-5-9(17)18/h1-3H,5H2,(H,14,19)(H,17,18). The van der Waals surface area contributed by atoms with Crippen molar-refractivity contribution in [2.24, 2.45) is 0 Å². The van der Waals surface area contributed by atoms with Gasteiger partial charge in [-0.25, -0.2) is 14.5 Å². The lowest BCUT2D eigenvalue weighted by atomic mass is 10.2. The Kier molecular flexibility index (Phi) is 4.26. The number of aromatic amines is 1. The number of aliphatic carboxylic acids is 1. The molecule has 0 saturated heterocycles. The predicted octanol–water partition coefficient (Wildman–Crippen LogP) is 1.37. The van der Waals surface area contributed by atoms with E-state index in [0.717, 1.165) is 11.8 Å². The molecular weight excluding hydrogens is 348 g/mol. The number of halogens is 1. The van der Waals surface area contributed by atoms with Gasteiger partial charge in [0, 0.05) is 4.47 Å². The lowest BCUT2D eigenvalue weighted by Crippen LogP contribution is -2.16. The number of hydrogen-bond acceptors (Lipinski definition) is 5. The van der Waals surface area contributed by atoms with E-state index in [2.05, 4.69) is 26.1 Å². The van der Waals surface area contributed by atoms with E-state index in [4.69, 9.17) is 10.4 Å². The van der Waals surface area contributed by atoms with E-state index in [1.165, 1.54) is 4.57 Å². The highest BCUT2D eigenvalue weighted by Gasteiger charge is 2.15. The molecule has 0 unspecified atom stereocenters. The minimum Gasteiger partial charge on any atom is -0.481 e. The van der Waals surface area contributed by atoms with Gasteiger partial charge in [0.05, 0.1) is 23.1 Å². The number of benzene rings is 1. The summed E-state index contributed by atoms with van der Waals surface area (Å²) in [6.07, 6.45) is 0. The number of carboxylic acids is 1. The van der Waals surface area contributed by atoms with Gasteiger partial charge in [0.25, 0.3) is 0 Å². The average Bonchev–Trinajstić information content (AvgIpc) is 2.77. The van der Waals surface area contributed by atoms with Crippen LogP contribution in [0.25, 0.3) is 5.69 Å². The molecule has 0 aliphatic carbocycles. The Bertz CT molecular complexity index is 762. The Morgan fingerprint density at radius 2 is 2.35 bits per heavy atom. The van der Waals surface area contributed by atoms with Crippen LogP contribution in [0.4, 0.5) is 0 Å². The number of rotatable bonds is 4. The topological polar surface area (TPSA) is 112 Å². The van der Waals surface area contributed by atoms with Gasteiger partial charge in [0.15, 0.2) is 5.16 Å². The molecule has 0 fully saturated rings. The first-order chi connectivity index (χ1) is 9.52. The number of nitriles is 1. The van der Waals surface area contributed by atoms with Gasteiger partial charge in [-0.2, -0.15) is 5.26 Å². The molecule has 1 aromatic carbocycles. The van der Waals surface area contributed by atoms with E-state index in [9.17, 15) is 9.59 Å². The predicted molar refractivity (Wildman–Crippen MR) is 75.0 cm³/mol. The van der Waals surface area contributed by atoms with Gasteiger partial charge in [0.1, 0.15) is 0 Å². The van der Waals surface area contributed by atoms with Crippen LogP contribution in [0.5, 0.6) is 0 Å². The largest absolute Gasteiger partial charge is 0.481 e. The molecule has 0 spiro atoms. The summed E-state index contributed by atoms with van der Waals surface area (Å²) in [5, 5.41) is 23.8. The van der Waals surface area contributed by atoms with Crippen LogP contribution in [0.1, 0.15) is 5.56 Å². The molecule has 2 rings (SSSR count). The van der Waals surface area contributed by atoms with Crippen LogP contribution in [0.2, 0.25) is 0 Å². The molecule has 2 N–H and O–H groups in total. The van der Waals surface area contributed by atoms with Crippen molar-refractivity contribution in [2.75, 3.05) is 5.75 Å². The fourth-order valence-electron chi connectivity index (χ4n) is 1.48. The number of thioether (sulfide) groups is 1. The zero-order valence-corrected chi connectivity index (χ0v) is 12.2. The van der Waals surface area contributed by atoms with E-state index >= 15 is 0 Å². The van der Waals surface area contributed by atoms with Crippen LogP contribution in [-0.4, -0.2) is 31.6 Å². The van der Waals surface area contributed by atoms with Crippen molar-refractivity contribution in [3.63, 3.8) is 0 Å². The second kappa shape index (κ2) is 5.94. The lowest BCUT2D eigenvalue weighted by molar-refractivity contribution is -0.133. The minimum atomic E-state index is -1.00. The van der Waals surface area contributed by atoms with Gasteiger partial charge in [-0.3, -0.25) is 4.79 Å². The minimum absolute atomic E-state index is 0.210. The van der Waals surface area contributed by atoms with E-state index in [0.29, 0.717) is 15.7 Å². The normalized spacial score (nSPS) is 10.2. The molecule has 0 bridgehead atoms. The van der Waals surface area contributed by atoms with Crippen LogP contribution in [0, 0.1) is 11.3 Å². The van der Waals surface area contributed by atoms with Gasteiger partial charge in [-0.05, 0) is 34.1 Å². The van der Waals surface area contributed by atoms with Gasteiger partial charge in [-0.1, -0.05) is 11.8 Å². The van der Waals surface area contributed by atoms with E-state index in [-0.39, 0.29) is 10.9 Å². The average molecular weight is 355 g/mol. The molecule has 9 heteroatoms. The van der Waals surface area contributed by atoms with Crippen molar-refractivity contribution < 1.29 is 9.90 Å². The quantitative estimate of drug-likeness (QED) is 0.802. The second-order valence-electron chi connectivity index (χ2n) is 3.61. The molecule has 2 aromatic rings. The number of carboxylic acid groups (broad SMARTS) is 1. The molecule has 0 amide bonds. The summed E-state index contributed by atoms with van der Waals surface area (Å²) in [5.41, 5.74) is 0.441. The third-order valence-electron chi connectivity index (χ3n) is 2.28. The first-order valence-electron chi connectivity index (χ1n) is 5.25. The van der Waals surface area contributed by atoms with Crippen molar-refractivity contribution in [1.29, 1.82) is 5.26 Å². The van der Waals surface area contributed by atoms with Gasteiger partial charge < -0.3 is 5.11 Å². The number of nitrogens with zero attached hydrogens (tertiary/aromatic N) is 3. The fourth-order valence-corrected chi connectivity index (χ4v) is 2.71. The highest BCUT2D eigenvalue weighted by Crippen LogP contribution is 2.25. The summed E-state index contributed by atoms with van der Waals surface area (Å²) >= 11 is 4.20. The number of aromatic nitrogens is 3. The van der Waals surface area contributed by atoms with Gasteiger partial charge >= 0.3 is 11.7 Å². The van der Waals surface area contributed by atoms with Gasteiger partial charge in [-0.15, -0.1) is 5.10 Å². The number of H-pyrrole nitrogens is 1. The lowest BCUT2D eigenvalue weighted by Gasteiger charge is -2.07. The van der Waals surface area contributed by atoms with Crippen molar-refractivity contribution in [3.8, 4) is 11.8 Å².